The van der Waals surface area contributed by atoms with E-state index in [1.54, 1.807) is 36.4 Å². The minimum atomic E-state index is -0.499. The second-order valence-corrected chi connectivity index (χ2v) is 8.53. The van der Waals surface area contributed by atoms with Gasteiger partial charge in [-0.25, -0.2) is 0 Å². The number of hydrogen-bond acceptors (Lipinski definition) is 6. The molecule has 0 radical (unpaired) electrons. The maximum Gasteiger partial charge on any atom is 0.308 e. The highest BCUT2D eigenvalue weighted by molar-refractivity contribution is 7.97. The van der Waals surface area contributed by atoms with Crippen LogP contribution in [0.5, 0.6) is 17.2 Å². The summed E-state index contributed by atoms with van der Waals surface area (Å²) in [6.07, 6.45) is 0. The van der Waals surface area contributed by atoms with Crippen LogP contribution >= 0.6 is 0 Å². The van der Waals surface area contributed by atoms with Gasteiger partial charge in [-0.2, -0.15) is 0 Å². The summed E-state index contributed by atoms with van der Waals surface area (Å²) < 4.78 is 15.4. The van der Waals surface area contributed by atoms with Gasteiger partial charge in [-0.3, -0.25) is 14.4 Å². The van der Waals surface area contributed by atoms with Gasteiger partial charge in [0.15, 0.2) is 14.7 Å². The molecule has 0 heterocycles. The summed E-state index contributed by atoms with van der Waals surface area (Å²) in [4.78, 5) is 36.6. The Morgan fingerprint density at radius 1 is 0.484 bits per heavy atom. The number of hydrogen-bond donors (Lipinski definition) is 0. The van der Waals surface area contributed by atoms with E-state index in [-0.39, 0.29) is 17.9 Å². The lowest BCUT2D eigenvalue weighted by molar-refractivity contribution is -0.132. The Morgan fingerprint density at radius 2 is 0.710 bits per heavy atom. The summed E-state index contributed by atoms with van der Waals surface area (Å²) in [7, 11) is -0.499. The summed E-state index contributed by atoms with van der Waals surface area (Å²) in [5.41, 5.74) is 0. The first-order valence-electron chi connectivity index (χ1n) is 9.41. The highest BCUT2D eigenvalue weighted by Crippen LogP contribution is 2.34. The summed E-state index contributed by atoms with van der Waals surface area (Å²) >= 11 is 0. The average Bonchev–Trinajstić information content (AvgIpc) is 2.71. The standard InChI is InChI=1S/C24H21O6S/c1-16(25)28-19-4-10-22(11-5-19)31(23-12-6-20(7-13-23)29-17(2)26)24-14-8-21(9-15-24)30-18(3)27/h4-15H,1-3H3/q+1. The van der Waals surface area contributed by atoms with Crippen LogP contribution in [0.3, 0.4) is 0 Å². The number of rotatable bonds is 6. The third-order valence-electron chi connectivity index (χ3n) is 3.96. The van der Waals surface area contributed by atoms with Crippen molar-refractivity contribution >= 4 is 28.8 Å². The third-order valence-corrected chi connectivity index (χ3v) is 6.19. The molecule has 0 bridgehead atoms. The molecule has 6 nitrogen and oxygen atoms in total. The Kier molecular flexibility index (Phi) is 7.10. The van der Waals surface area contributed by atoms with Crippen molar-refractivity contribution < 1.29 is 28.6 Å². The van der Waals surface area contributed by atoms with Crippen molar-refractivity contribution in [3.63, 3.8) is 0 Å². The lowest BCUT2D eigenvalue weighted by Crippen LogP contribution is -2.07. The fourth-order valence-electron chi connectivity index (χ4n) is 2.84. The molecular formula is C24H21O6S+. The average molecular weight is 437 g/mol. The predicted octanol–water partition coefficient (Wildman–Crippen LogP) is 4.56. The normalized spacial score (nSPS) is 10.5. The smallest absolute Gasteiger partial charge is 0.308 e. The zero-order valence-electron chi connectivity index (χ0n) is 17.3. The first kappa shape index (κ1) is 22.1. The summed E-state index contributed by atoms with van der Waals surface area (Å²) in [6, 6.07) is 21.9. The van der Waals surface area contributed by atoms with Gasteiger partial charge in [-0.05, 0) is 72.8 Å². The van der Waals surface area contributed by atoms with E-state index >= 15 is 0 Å². The Hall–Kier alpha value is -3.58. The van der Waals surface area contributed by atoms with E-state index in [4.69, 9.17) is 14.2 Å². The molecule has 3 aromatic rings. The van der Waals surface area contributed by atoms with Gasteiger partial charge in [-0.1, -0.05) is 0 Å². The van der Waals surface area contributed by atoms with Crippen LogP contribution in [0, 0.1) is 0 Å². The molecule has 3 aromatic carbocycles. The molecular weight excluding hydrogens is 416 g/mol. The van der Waals surface area contributed by atoms with Crippen molar-refractivity contribution in [3.05, 3.63) is 72.8 Å². The second kappa shape index (κ2) is 9.95. The molecule has 0 saturated heterocycles. The van der Waals surface area contributed by atoms with Crippen molar-refractivity contribution in [2.45, 2.75) is 35.5 Å². The fourth-order valence-corrected chi connectivity index (χ4v) is 4.88. The van der Waals surface area contributed by atoms with Crippen LogP contribution in [0.1, 0.15) is 20.8 Å². The van der Waals surface area contributed by atoms with E-state index in [1.807, 2.05) is 36.4 Å². The predicted molar refractivity (Wildman–Crippen MR) is 115 cm³/mol. The number of esters is 3. The minimum absolute atomic E-state index is 0.381. The molecule has 0 aliphatic heterocycles. The first-order valence-corrected chi connectivity index (χ1v) is 10.6. The van der Waals surface area contributed by atoms with Gasteiger partial charge in [-0.15, -0.1) is 0 Å². The van der Waals surface area contributed by atoms with Crippen LogP contribution in [-0.2, 0) is 25.3 Å². The van der Waals surface area contributed by atoms with Gasteiger partial charge >= 0.3 is 17.9 Å². The van der Waals surface area contributed by atoms with Crippen LogP contribution < -0.4 is 14.2 Å². The first-order chi connectivity index (χ1) is 14.8. The second-order valence-electron chi connectivity index (χ2n) is 6.50. The molecule has 0 saturated carbocycles. The molecule has 0 amide bonds. The highest BCUT2D eigenvalue weighted by Gasteiger charge is 2.29. The zero-order valence-corrected chi connectivity index (χ0v) is 18.1. The van der Waals surface area contributed by atoms with Crippen LogP contribution in [0.15, 0.2) is 87.5 Å². The van der Waals surface area contributed by atoms with Gasteiger partial charge in [0, 0.05) is 20.8 Å². The Morgan fingerprint density at radius 3 is 0.903 bits per heavy atom. The zero-order chi connectivity index (χ0) is 22.4. The quantitative estimate of drug-likeness (QED) is 0.320. The maximum absolute atomic E-state index is 11.2. The number of ether oxygens (including phenoxy) is 3. The van der Waals surface area contributed by atoms with E-state index in [0.29, 0.717) is 17.2 Å². The molecule has 0 spiro atoms. The number of carbonyl (C=O) groups excluding carboxylic acids is 3. The van der Waals surface area contributed by atoms with Gasteiger partial charge in [0.05, 0.1) is 10.9 Å². The van der Waals surface area contributed by atoms with E-state index in [2.05, 4.69) is 0 Å². The van der Waals surface area contributed by atoms with Crippen LogP contribution in [0.25, 0.3) is 0 Å². The van der Waals surface area contributed by atoms with Crippen molar-refractivity contribution in [2.75, 3.05) is 0 Å². The fraction of sp³-hybridized carbons (Fsp3) is 0.125. The maximum atomic E-state index is 11.2. The van der Waals surface area contributed by atoms with Crippen LogP contribution in [0.4, 0.5) is 0 Å². The highest BCUT2D eigenvalue weighted by atomic mass is 32.2. The largest absolute Gasteiger partial charge is 0.427 e. The van der Waals surface area contributed by atoms with Crippen molar-refractivity contribution in [2.24, 2.45) is 0 Å². The van der Waals surface area contributed by atoms with Crippen molar-refractivity contribution in [1.82, 2.24) is 0 Å². The Balaban J connectivity index is 1.98. The molecule has 31 heavy (non-hydrogen) atoms. The molecule has 0 N–H and O–H groups in total. The Bertz CT molecular complexity index is 931. The van der Waals surface area contributed by atoms with Crippen LogP contribution in [-0.4, -0.2) is 17.9 Å². The molecule has 0 unspecified atom stereocenters. The molecule has 0 aliphatic carbocycles. The molecule has 0 aliphatic rings. The van der Waals surface area contributed by atoms with E-state index in [0.717, 1.165) is 14.7 Å². The lowest BCUT2D eigenvalue weighted by atomic mass is 10.3. The number of benzene rings is 3. The van der Waals surface area contributed by atoms with Gasteiger partial charge in [0.1, 0.15) is 17.2 Å². The third kappa shape index (κ3) is 6.20. The van der Waals surface area contributed by atoms with E-state index in [9.17, 15) is 14.4 Å². The lowest BCUT2D eigenvalue weighted by Gasteiger charge is -2.10. The monoisotopic (exact) mass is 437 g/mol. The van der Waals surface area contributed by atoms with E-state index in [1.165, 1.54) is 20.8 Å². The molecule has 0 atom stereocenters. The van der Waals surface area contributed by atoms with Crippen molar-refractivity contribution in [3.8, 4) is 17.2 Å². The van der Waals surface area contributed by atoms with Gasteiger partial charge in [0.2, 0.25) is 0 Å². The molecule has 0 aromatic heterocycles. The molecule has 3 rings (SSSR count). The topological polar surface area (TPSA) is 78.9 Å². The number of carbonyl (C=O) groups is 3. The Labute approximate surface area is 183 Å². The van der Waals surface area contributed by atoms with Gasteiger partial charge in [0.25, 0.3) is 0 Å². The SMILES string of the molecule is CC(=O)Oc1ccc([S+](c2ccc(OC(C)=O)cc2)c2ccc(OC(C)=O)cc2)cc1. The van der Waals surface area contributed by atoms with Crippen LogP contribution in [0.2, 0.25) is 0 Å². The van der Waals surface area contributed by atoms with Gasteiger partial charge < -0.3 is 14.2 Å². The summed E-state index contributed by atoms with van der Waals surface area (Å²) in [5.74, 6) is 0.261. The molecule has 158 valence electrons. The molecule has 7 heteroatoms. The summed E-state index contributed by atoms with van der Waals surface area (Å²) in [6.45, 7) is 4.06. The summed E-state index contributed by atoms with van der Waals surface area (Å²) in [5, 5.41) is 0. The van der Waals surface area contributed by atoms with E-state index < -0.39 is 10.9 Å². The minimum Gasteiger partial charge on any atom is -0.427 e. The molecule has 0 fully saturated rings. The van der Waals surface area contributed by atoms with Crippen molar-refractivity contribution in [1.29, 1.82) is 0 Å².